The molecule has 0 aromatic carbocycles. The maximum Gasteiger partial charge on any atom is 0.273 e. The van der Waals surface area contributed by atoms with Crippen LogP contribution in [0.4, 0.5) is 0 Å². The van der Waals surface area contributed by atoms with E-state index in [0.717, 1.165) is 42.5 Å². The summed E-state index contributed by atoms with van der Waals surface area (Å²) in [7, 11) is 3.47. The van der Waals surface area contributed by atoms with Crippen molar-refractivity contribution in [1.29, 1.82) is 0 Å². The predicted octanol–water partition coefficient (Wildman–Crippen LogP) is 1.18. The Morgan fingerprint density at radius 3 is 2.64 bits per heavy atom. The van der Waals surface area contributed by atoms with Crippen LogP contribution in [0.25, 0.3) is 11.0 Å². The molecule has 1 aliphatic carbocycles. The van der Waals surface area contributed by atoms with Gasteiger partial charge in [-0.1, -0.05) is 12.8 Å². The summed E-state index contributed by atoms with van der Waals surface area (Å²) >= 11 is 0. The van der Waals surface area contributed by atoms with Gasteiger partial charge >= 0.3 is 0 Å². The smallest absolute Gasteiger partial charge is 0.273 e. The molecule has 2 heterocycles. The SMILES string of the molecule is Cc1nc2c(c(C)c1CC(=O)N(C)CC1(O)CCCC1)c(=O)[nH]n2C. The Bertz CT molecular complexity index is 875. The third-order valence-corrected chi connectivity index (χ3v) is 5.40. The monoisotopic (exact) mass is 346 g/mol. The minimum Gasteiger partial charge on any atom is -0.388 e. The summed E-state index contributed by atoms with van der Waals surface area (Å²) < 4.78 is 1.60. The highest BCUT2D eigenvalue weighted by molar-refractivity contribution is 5.84. The molecule has 2 N–H and O–H groups in total. The van der Waals surface area contributed by atoms with Crippen LogP contribution in [-0.2, 0) is 18.3 Å². The number of carbonyl (C=O) groups is 1. The van der Waals surface area contributed by atoms with E-state index in [-0.39, 0.29) is 17.9 Å². The quantitative estimate of drug-likeness (QED) is 0.870. The molecule has 0 atom stereocenters. The molecule has 1 fully saturated rings. The first-order chi connectivity index (χ1) is 11.7. The molecule has 3 rings (SSSR count). The largest absolute Gasteiger partial charge is 0.388 e. The van der Waals surface area contributed by atoms with Crippen molar-refractivity contribution in [2.24, 2.45) is 7.05 Å². The normalized spacial score (nSPS) is 16.5. The highest BCUT2D eigenvalue weighted by Gasteiger charge is 2.33. The van der Waals surface area contributed by atoms with Gasteiger partial charge in [-0.2, -0.15) is 0 Å². The number of fused-ring (bicyclic) bond motifs is 1. The second kappa shape index (κ2) is 6.29. The molecular weight excluding hydrogens is 320 g/mol. The number of pyridine rings is 1. The molecule has 0 radical (unpaired) electrons. The van der Waals surface area contributed by atoms with Gasteiger partial charge in [-0.25, -0.2) is 4.98 Å². The van der Waals surface area contributed by atoms with Gasteiger partial charge in [0.1, 0.15) is 0 Å². The second-order valence-corrected chi connectivity index (χ2v) is 7.36. The summed E-state index contributed by atoms with van der Waals surface area (Å²) in [5.41, 5.74) is 1.99. The van der Waals surface area contributed by atoms with Crippen molar-refractivity contribution in [3.05, 3.63) is 27.2 Å². The van der Waals surface area contributed by atoms with E-state index in [1.165, 1.54) is 0 Å². The van der Waals surface area contributed by atoms with Crippen molar-refractivity contribution in [2.45, 2.75) is 51.6 Å². The van der Waals surface area contributed by atoms with E-state index in [1.54, 1.807) is 23.7 Å². The zero-order valence-corrected chi connectivity index (χ0v) is 15.3. The van der Waals surface area contributed by atoms with Crippen molar-refractivity contribution in [2.75, 3.05) is 13.6 Å². The molecule has 2 aromatic rings. The first-order valence-electron chi connectivity index (χ1n) is 8.73. The summed E-state index contributed by atoms with van der Waals surface area (Å²) in [6.07, 6.45) is 3.69. The number of likely N-dealkylation sites (N-methyl/N-ethyl adjacent to an activating group) is 1. The van der Waals surface area contributed by atoms with Gasteiger partial charge in [-0.15, -0.1) is 0 Å². The average molecular weight is 346 g/mol. The van der Waals surface area contributed by atoms with Crippen molar-refractivity contribution in [3.63, 3.8) is 0 Å². The number of aromatic amines is 1. The van der Waals surface area contributed by atoms with Crippen LogP contribution in [0.2, 0.25) is 0 Å². The van der Waals surface area contributed by atoms with E-state index in [0.29, 0.717) is 17.6 Å². The van der Waals surface area contributed by atoms with Gasteiger partial charge in [0.15, 0.2) is 5.65 Å². The Labute approximate surface area is 146 Å². The van der Waals surface area contributed by atoms with E-state index in [1.807, 2.05) is 13.8 Å². The molecular formula is C18H26N4O3. The number of hydrogen-bond donors (Lipinski definition) is 2. The summed E-state index contributed by atoms with van der Waals surface area (Å²) in [4.78, 5) is 30.9. The Morgan fingerprint density at radius 1 is 1.36 bits per heavy atom. The fourth-order valence-electron chi connectivity index (χ4n) is 3.92. The van der Waals surface area contributed by atoms with Crippen molar-refractivity contribution >= 4 is 16.9 Å². The fraction of sp³-hybridized carbons (Fsp3) is 0.611. The lowest BCUT2D eigenvalue weighted by molar-refractivity contribution is -0.132. The predicted molar refractivity (Wildman–Crippen MR) is 95.6 cm³/mol. The number of nitrogens with one attached hydrogen (secondary N) is 1. The van der Waals surface area contributed by atoms with E-state index in [4.69, 9.17) is 0 Å². The molecule has 0 bridgehead atoms. The molecule has 0 spiro atoms. The Morgan fingerprint density at radius 2 is 2.00 bits per heavy atom. The van der Waals surface area contributed by atoms with Crippen LogP contribution in [0.15, 0.2) is 4.79 Å². The summed E-state index contributed by atoms with van der Waals surface area (Å²) in [6, 6.07) is 0. The van der Waals surface area contributed by atoms with Crippen LogP contribution in [0, 0.1) is 13.8 Å². The molecule has 7 nitrogen and oxygen atoms in total. The van der Waals surface area contributed by atoms with Crippen LogP contribution in [0.3, 0.4) is 0 Å². The molecule has 1 saturated carbocycles. The number of aliphatic hydroxyl groups is 1. The third kappa shape index (κ3) is 3.20. The molecule has 7 heteroatoms. The van der Waals surface area contributed by atoms with Crippen molar-refractivity contribution in [3.8, 4) is 0 Å². The Hall–Kier alpha value is -2.15. The van der Waals surface area contributed by atoms with E-state index < -0.39 is 5.60 Å². The number of amides is 1. The lowest BCUT2D eigenvalue weighted by Gasteiger charge is -2.29. The molecule has 25 heavy (non-hydrogen) atoms. The first-order valence-corrected chi connectivity index (χ1v) is 8.73. The standard InChI is InChI=1S/C18H26N4O3/c1-11-13(12(2)19-16-15(11)17(24)20-22(16)4)9-14(23)21(3)10-18(25)7-5-6-8-18/h25H,5-10H2,1-4H3,(H,20,24). The molecule has 2 aromatic heterocycles. The minimum atomic E-state index is -0.757. The zero-order chi connectivity index (χ0) is 18.4. The fourth-order valence-corrected chi connectivity index (χ4v) is 3.92. The number of carbonyl (C=O) groups excluding carboxylic acids is 1. The number of aryl methyl sites for hydroxylation is 3. The Kier molecular flexibility index (Phi) is 4.45. The topological polar surface area (TPSA) is 91.2 Å². The highest BCUT2D eigenvalue weighted by Crippen LogP contribution is 2.30. The number of aromatic nitrogens is 3. The number of rotatable bonds is 4. The third-order valence-electron chi connectivity index (χ3n) is 5.40. The van der Waals surface area contributed by atoms with Crippen LogP contribution >= 0.6 is 0 Å². The summed E-state index contributed by atoms with van der Waals surface area (Å²) in [6.45, 7) is 4.07. The van der Waals surface area contributed by atoms with Gasteiger partial charge in [-0.3, -0.25) is 19.4 Å². The van der Waals surface area contributed by atoms with Crippen LogP contribution in [-0.4, -0.2) is 49.9 Å². The van der Waals surface area contributed by atoms with Crippen LogP contribution in [0.5, 0.6) is 0 Å². The molecule has 0 unspecified atom stereocenters. The maximum absolute atomic E-state index is 12.7. The maximum atomic E-state index is 12.7. The number of hydrogen-bond acceptors (Lipinski definition) is 4. The zero-order valence-electron chi connectivity index (χ0n) is 15.3. The lowest BCUT2D eigenvalue weighted by Crippen LogP contribution is -2.42. The summed E-state index contributed by atoms with van der Waals surface area (Å²) in [5, 5.41) is 13.8. The molecule has 0 aliphatic heterocycles. The highest BCUT2D eigenvalue weighted by atomic mass is 16.3. The van der Waals surface area contributed by atoms with E-state index >= 15 is 0 Å². The van der Waals surface area contributed by atoms with Gasteiger partial charge in [0, 0.05) is 26.3 Å². The van der Waals surface area contributed by atoms with Gasteiger partial charge in [0.25, 0.3) is 5.56 Å². The van der Waals surface area contributed by atoms with Gasteiger partial charge in [0.05, 0.1) is 17.4 Å². The lowest BCUT2D eigenvalue weighted by atomic mass is 9.99. The van der Waals surface area contributed by atoms with Gasteiger partial charge in [-0.05, 0) is 37.8 Å². The minimum absolute atomic E-state index is 0.0694. The van der Waals surface area contributed by atoms with Crippen LogP contribution in [0.1, 0.15) is 42.5 Å². The van der Waals surface area contributed by atoms with Crippen molar-refractivity contribution < 1.29 is 9.90 Å². The van der Waals surface area contributed by atoms with E-state index in [2.05, 4.69) is 10.1 Å². The molecule has 1 aliphatic rings. The van der Waals surface area contributed by atoms with Crippen molar-refractivity contribution in [1.82, 2.24) is 19.7 Å². The summed E-state index contributed by atoms with van der Waals surface area (Å²) in [5.74, 6) is -0.0694. The average Bonchev–Trinajstić information content (AvgIpc) is 3.07. The molecule has 136 valence electrons. The molecule has 1 amide bonds. The van der Waals surface area contributed by atoms with E-state index in [9.17, 15) is 14.7 Å². The molecule has 0 saturated heterocycles. The number of H-pyrrole nitrogens is 1. The first kappa shape index (κ1) is 17.7. The van der Waals surface area contributed by atoms with Gasteiger partial charge in [0.2, 0.25) is 5.91 Å². The second-order valence-electron chi connectivity index (χ2n) is 7.36. The number of nitrogens with zero attached hydrogens (tertiary/aromatic N) is 3. The van der Waals surface area contributed by atoms with Crippen LogP contribution < -0.4 is 5.56 Å². The Balaban J connectivity index is 1.86. The van der Waals surface area contributed by atoms with Gasteiger partial charge < -0.3 is 10.0 Å².